The second-order valence-electron chi connectivity index (χ2n) is 8.44. The summed E-state index contributed by atoms with van der Waals surface area (Å²) >= 11 is 0. The van der Waals surface area contributed by atoms with Crippen LogP contribution in [0.15, 0.2) is 65.6 Å². The quantitative estimate of drug-likeness (QED) is 0.464. The van der Waals surface area contributed by atoms with Gasteiger partial charge >= 0.3 is 0 Å². The normalized spacial score (nSPS) is 12.1. The largest absolute Gasteiger partial charge is 0.497 e. The number of hydrogen-bond donors (Lipinski definition) is 1. The first kappa shape index (κ1) is 26.1. The Balaban J connectivity index is 1.99. The highest BCUT2D eigenvalue weighted by molar-refractivity contribution is 7.92. The Morgan fingerprint density at radius 3 is 2.20 bits per heavy atom. The zero-order valence-electron chi connectivity index (χ0n) is 21.0. The Bertz CT molecular complexity index is 1310. The molecule has 3 aromatic carbocycles. The number of nitrogens with one attached hydrogen (secondary N) is 1. The van der Waals surface area contributed by atoms with E-state index in [1.807, 2.05) is 27.7 Å². The number of anilines is 1. The van der Waals surface area contributed by atoms with E-state index in [1.54, 1.807) is 36.4 Å². The first-order valence-corrected chi connectivity index (χ1v) is 12.7. The summed E-state index contributed by atoms with van der Waals surface area (Å²) in [7, 11) is -1.16. The summed E-state index contributed by atoms with van der Waals surface area (Å²) in [6.07, 6.45) is 0. The molecular weight excluding hydrogens is 464 g/mol. The van der Waals surface area contributed by atoms with Gasteiger partial charge in [0.25, 0.3) is 10.0 Å². The van der Waals surface area contributed by atoms with Crippen molar-refractivity contribution in [3.8, 4) is 11.5 Å². The monoisotopic (exact) mass is 496 g/mol. The van der Waals surface area contributed by atoms with Crippen LogP contribution in [0.25, 0.3) is 0 Å². The second kappa shape index (κ2) is 10.8. The maximum Gasteiger partial charge on any atom is 0.264 e. The third-order valence-corrected chi connectivity index (χ3v) is 7.77. The molecule has 8 heteroatoms. The predicted octanol–water partition coefficient (Wildman–Crippen LogP) is 4.70. The van der Waals surface area contributed by atoms with Crippen LogP contribution in [0.5, 0.6) is 11.5 Å². The number of methoxy groups -OCH3 is 2. The summed E-state index contributed by atoms with van der Waals surface area (Å²) in [4.78, 5) is 13.3. The fourth-order valence-corrected chi connectivity index (χ4v) is 5.40. The van der Waals surface area contributed by atoms with E-state index < -0.39 is 22.5 Å². The Morgan fingerprint density at radius 2 is 1.57 bits per heavy atom. The van der Waals surface area contributed by atoms with Crippen LogP contribution in [-0.4, -0.2) is 35.1 Å². The highest BCUT2D eigenvalue weighted by atomic mass is 32.2. The molecule has 0 aromatic heterocycles. The van der Waals surface area contributed by atoms with E-state index in [2.05, 4.69) is 17.4 Å². The van der Waals surface area contributed by atoms with Gasteiger partial charge in [0.15, 0.2) is 0 Å². The summed E-state index contributed by atoms with van der Waals surface area (Å²) in [6.45, 7) is 7.52. The summed E-state index contributed by atoms with van der Waals surface area (Å²) < 4.78 is 39.2. The minimum absolute atomic E-state index is 0.0655. The molecule has 7 nitrogen and oxygen atoms in total. The van der Waals surface area contributed by atoms with Gasteiger partial charge in [-0.2, -0.15) is 0 Å². The van der Waals surface area contributed by atoms with Gasteiger partial charge in [-0.05, 0) is 74.2 Å². The number of nitrogens with zero attached hydrogens (tertiary/aromatic N) is 1. The molecule has 1 amide bonds. The van der Waals surface area contributed by atoms with E-state index in [-0.39, 0.29) is 16.6 Å². The highest BCUT2D eigenvalue weighted by Crippen LogP contribution is 2.35. The van der Waals surface area contributed by atoms with Crippen LogP contribution < -0.4 is 19.1 Å². The third-order valence-electron chi connectivity index (χ3n) is 6.00. The van der Waals surface area contributed by atoms with Crippen LogP contribution in [0.3, 0.4) is 0 Å². The number of benzene rings is 3. The van der Waals surface area contributed by atoms with Crippen LogP contribution in [0, 0.1) is 20.8 Å². The second-order valence-corrected chi connectivity index (χ2v) is 10.3. The van der Waals surface area contributed by atoms with Crippen LogP contribution in [0.2, 0.25) is 0 Å². The molecule has 0 unspecified atom stereocenters. The maximum atomic E-state index is 13.7. The van der Waals surface area contributed by atoms with Crippen molar-refractivity contribution in [1.82, 2.24) is 5.32 Å². The minimum atomic E-state index is -4.09. The van der Waals surface area contributed by atoms with E-state index >= 15 is 0 Å². The van der Waals surface area contributed by atoms with Gasteiger partial charge in [0.2, 0.25) is 5.91 Å². The van der Waals surface area contributed by atoms with Crippen molar-refractivity contribution in [2.45, 2.75) is 38.6 Å². The van der Waals surface area contributed by atoms with E-state index in [4.69, 9.17) is 9.47 Å². The molecule has 1 atom stereocenters. The average molecular weight is 497 g/mol. The molecule has 0 fully saturated rings. The van der Waals surface area contributed by atoms with Crippen molar-refractivity contribution in [2.24, 2.45) is 0 Å². The number of carbonyl (C=O) groups is 1. The zero-order valence-corrected chi connectivity index (χ0v) is 21.8. The summed E-state index contributed by atoms with van der Waals surface area (Å²) in [5.74, 6) is 0.296. The van der Waals surface area contributed by atoms with Crippen molar-refractivity contribution in [1.29, 1.82) is 0 Å². The van der Waals surface area contributed by atoms with E-state index in [9.17, 15) is 13.2 Å². The Kier molecular flexibility index (Phi) is 8.07. The molecule has 1 N–H and O–H groups in total. The fraction of sp³-hybridized carbons (Fsp3) is 0.296. The van der Waals surface area contributed by atoms with Gasteiger partial charge in [-0.25, -0.2) is 8.42 Å². The predicted molar refractivity (Wildman–Crippen MR) is 138 cm³/mol. The molecule has 0 aliphatic carbocycles. The lowest BCUT2D eigenvalue weighted by Gasteiger charge is -2.27. The molecule has 0 spiro atoms. The Labute approximate surface area is 207 Å². The zero-order chi connectivity index (χ0) is 25.8. The van der Waals surface area contributed by atoms with Gasteiger partial charge in [0.1, 0.15) is 18.0 Å². The standard InChI is InChI=1S/C27H32N2O5S/c1-18-14-20(3)24(15-19(18)2)21(4)28-27(30)17-29(35(31,32)23-10-8-7-9-11-23)25-16-22(33-5)12-13-26(25)34-6/h7-16,21H,17H2,1-6H3,(H,28,30)/t21-/m1/s1. The summed E-state index contributed by atoms with van der Waals surface area (Å²) in [6, 6.07) is 16.6. The molecule has 0 aliphatic heterocycles. The molecule has 0 saturated carbocycles. The Morgan fingerprint density at radius 1 is 0.914 bits per heavy atom. The van der Waals surface area contributed by atoms with Crippen LogP contribution >= 0.6 is 0 Å². The van der Waals surface area contributed by atoms with Crippen molar-refractivity contribution >= 4 is 21.6 Å². The number of sulfonamides is 1. The van der Waals surface area contributed by atoms with Crippen LogP contribution in [-0.2, 0) is 14.8 Å². The topological polar surface area (TPSA) is 84.9 Å². The number of carbonyl (C=O) groups excluding carboxylic acids is 1. The van der Waals surface area contributed by atoms with Crippen LogP contribution in [0.4, 0.5) is 5.69 Å². The molecule has 0 radical (unpaired) electrons. The van der Waals surface area contributed by atoms with E-state index in [1.165, 1.54) is 31.9 Å². The van der Waals surface area contributed by atoms with Gasteiger partial charge < -0.3 is 14.8 Å². The van der Waals surface area contributed by atoms with Crippen molar-refractivity contribution in [3.05, 3.63) is 82.9 Å². The minimum Gasteiger partial charge on any atom is -0.497 e. The Hall–Kier alpha value is -3.52. The van der Waals surface area contributed by atoms with Gasteiger partial charge in [-0.3, -0.25) is 9.10 Å². The number of amides is 1. The smallest absolute Gasteiger partial charge is 0.264 e. The molecule has 0 saturated heterocycles. The van der Waals surface area contributed by atoms with Gasteiger partial charge in [0, 0.05) is 6.07 Å². The van der Waals surface area contributed by atoms with E-state index in [0.29, 0.717) is 11.5 Å². The summed E-state index contributed by atoms with van der Waals surface area (Å²) in [5, 5.41) is 2.96. The maximum absolute atomic E-state index is 13.7. The van der Waals surface area contributed by atoms with Gasteiger partial charge in [-0.15, -0.1) is 0 Å². The van der Waals surface area contributed by atoms with Crippen molar-refractivity contribution in [2.75, 3.05) is 25.1 Å². The fourth-order valence-electron chi connectivity index (χ4n) is 3.96. The first-order valence-electron chi connectivity index (χ1n) is 11.3. The molecule has 3 rings (SSSR count). The highest BCUT2D eigenvalue weighted by Gasteiger charge is 2.30. The van der Waals surface area contributed by atoms with Gasteiger partial charge in [0.05, 0.1) is 30.8 Å². The summed E-state index contributed by atoms with van der Waals surface area (Å²) in [5.41, 5.74) is 4.55. The number of ether oxygens (including phenoxy) is 2. The SMILES string of the molecule is COc1ccc(OC)c(N(CC(=O)N[C@H](C)c2cc(C)c(C)cc2C)S(=O)(=O)c2ccccc2)c1. The molecule has 0 bridgehead atoms. The lowest BCUT2D eigenvalue weighted by atomic mass is 9.96. The number of rotatable bonds is 9. The first-order chi connectivity index (χ1) is 16.6. The van der Waals surface area contributed by atoms with Crippen molar-refractivity contribution in [3.63, 3.8) is 0 Å². The molecule has 0 heterocycles. The van der Waals surface area contributed by atoms with E-state index in [0.717, 1.165) is 21.0 Å². The average Bonchev–Trinajstić information content (AvgIpc) is 2.84. The lowest BCUT2D eigenvalue weighted by molar-refractivity contribution is -0.120. The molecule has 3 aromatic rings. The van der Waals surface area contributed by atoms with Crippen molar-refractivity contribution < 1.29 is 22.7 Å². The lowest BCUT2D eigenvalue weighted by Crippen LogP contribution is -2.41. The van der Waals surface area contributed by atoms with Gasteiger partial charge in [-0.1, -0.05) is 30.3 Å². The molecular formula is C27H32N2O5S. The number of aryl methyl sites for hydroxylation is 3. The third kappa shape index (κ3) is 5.77. The van der Waals surface area contributed by atoms with Crippen LogP contribution in [0.1, 0.15) is 35.2 Å². The molecule has 186 valence electrons. The molecule has 35 heavy (non-hydrogen) atoms. The molecule has 0 aliphatic rings. The number of hydrogen-bond acceptors (Lipinski definition) is 5.